The van der Waals surface area contributed by atoms with Gasteiger partial charge in [0.15, 0.2) is 5.76 Å². The summed E-state index contributed by atoms with van der Waals surface area (Å²) in [5.74, 6) is -0.588. The molecule has 1 aromatic heterocycles. The smallest absolute Gasteiger partial charge is 0.293 e. The Balaban J connectivity index is 1.54. The molecule has 1 unspecified atom stereocenters. The normalized spacial score (nSPS) is 15.7. The van der Waals surface area contributed by atoms with Gasteiger partial charge in [-0.3, -0.25) is 10.0 Å². The third-order valence-corrected chi connectivity index (χ3v) is 6.00. The molecule has 8 nitrogen and oxygen atoms in total. The standard InChI is InChI=1S/C24H26FN4O4/c1-15-4-6-18(21(12-15)29(31)32)22-8-9-23(33-22)24(30)27(3)17-5-7-20(19(25)13-17)28-11-10-16(14-28)26-2/h4-9,12-13,16,26,31H,10-11,14H2,1-3H3/q-1. The van der Waals surface area contributed by atoms with Crippen LogP contribution in [0.5, 0.6) is 0 Å². The number of hydrogen-bond acceptors (Lipinski definition) is 7. The molecule has 0 saturated carbocycles. The molecule has 0 spiro atoms. The lowest BCUT2D eigenvalue weighted by atomic mass is 10.1. The van der Waals surface area contributed by atoms with E-state index in [-0.39, 0.29) is 22.4 Å². The maximum atomic E-state index is 14.9. The number of furan rings is 1. The van der Waals surface area contributed by atoms with Crippen molar-refractivity contribution in [2.45, 2.75) is 19.4 Å². The van der Waals surface area contributed by atoms with Gasteiger partial charge in [0, 0.05) is 37.4 Å². The van der Waals surface area contributed by atoms with Crippen molar-refractivity contribution in [3.05, 3.63) is 70.9 Å². The SMILES string of the molecule is CNC1CCN(c2ccc(N(C)C(=O)c3ccc(-c4ccc(C)cc4N([O-])O)o3)cc2F)C1. The number of rotatable bonds is 6. The van der Waals surface area contributed by atoms with Crippen LogP contribution in [-0.2, 0) is 0 Å². The molecule has 3 aromatic rings. The molecule has 0 bridgehead atoms. The van der Waals surface area contributed by atoms with Gasteiger partial charge in [-0.25, -0.2) is 4.39 Å². The molecule has 1 aliphatic rings. The summed E-state index contributed by atoms with van der Waals surface area (Å²) < 4.78 is 20.5. The van der Waals surface area contributed by atoms with E-state index in [1.54, 1.807) is 37.3 Å². The summed E-state index contributed by atoms with van der Waals surface area (Å²) in [4.78, 5) is 16.3. The van der Waals surface area contributed by atoms with Crippen LogP contribution in [0.3, 0.4) is 0 Å². The quantitative estimate of drug-likeness (QED) is 0.541. The highest BCUT2D eigenvalue weighted by Crippen LogP contribution is 2.33. The van der Waals surface area contributed by atoms with Gasteiger partial charge in [-0.2, -0.15) is 0 Å². The van der Waals surface area contributed by atoms with E-state index in [1.165, 1.54) is 30.1 Å². The Morgan fingerprint density at radius 1 is 1.24 bits per heavy atom. The Bertz CT molecular complexity index is 1160. The number of anilines is 3. The fraction of sp³-hybridized carbons (Fsp3) is 0.292. The van der Waals surface area contributed by atoms with E-state index in [9.17, 15) is 19.6 Å². The minimum absolute atomic E-state index is 0.0109. The van der Waals surface area contributed by atoms with E-state index in [0.29, 0.717) is 23.0 Å². The predicted octanol–water partition coefficient (Wildman–Crippen LogP) is 4.16. The van der Waals surface area contributed by atoms with E-state index in [0.717, 1.165) is 25.1 Å². The van der Waals surface area contributed by atoms with Crippen LogP contribution in [0.2, 0.25) is 0 Å². The van der Waals surface area contributed by atoms with Crippen LogP contribution in [0.4, 0.5) is 21.5 Å². The van der Waals surface area contributed by atoms with Crippen LogP contribution < -0.4 is 20.3 Å². The van der Waals surface area contributed by atoms with Crippen molar-refractivity contribution >= 4 is 23.0 Å². The molecule has 2 aromatic carbocycles. The van der Waals surface area contributed by atoms with E-state index in [1.807, 2.05) is 11.9 Å². The molecule has 174 valence electrons. The number of nitrogens with one attached hydrogen (secondary N) is 1. The molecule has 33 heavy (non-hydrogen) atoms. The minimum atomic E-state index is -0.471. The highest BCUT2D eigenvalue weighted by Gasteiger charge is 2.25. The topological polar surface area (TPSA) is 95.2 Å². The van der Waals surface area contributed by atoms with Crippen molar-refractivity contribution in [1.29, 1.82) is 0 Å². The molecule has 0 aliphatic carbocycles. The Morgan fingerprint density at radius 2 is 2.03 bits per heavy atom. The molecule has 1 fully saturated rings. The second-order valence-corrected chi connectivity index (χ2v) is 8.18. The summed E-state index contributed by atoms with van der Waals surface area (Å²) in [6.45, 7) is 3.28. The molecule has 1 aliphatic heterocycles. The number of benzene rings is 2. The summed E-state index contributed by atoms with van der Waals surface area (Å²) >= 11 is 0. The van der Waals surface area contributed by atoms with Crippen LogP contribution >= 0.6 is 0 Å². The molecular formula is C24H26FN4O4-. The van der Waals surface area contributed by atoms with Gasteiger partial charge in [0.25, 0.3) is 5.91 Å². The Hall–Kier alpha value is -3.40. The number of carbonyl (C=O) groups is 1. The van der Waals surface area contributed by atoms with Gasteiger partial charge in [-0.05, 0) is 68.4 Å². The van der Waals surface area contributed by atoms with Gasteiger partial charge in [-0.15, -0.1) is 0 Å². The highest BCUT2D eigenvalue weighted by molar-refractivity contribution is 6.04. The van der Waals surface area contributed by atoms with Crippen LogP contribution in [0.25, 0.3) is 11.3 Å². The number of aryl methyl sites for hydroxylation is 1. The minimum Gasteiger partial charge on any atom is -0.733 e. The predicted molar refractivity (Wildman–Crippen MR) is 125 cm³/mol. The van der Waals surface area contributed by atoms with Crippen molar-refractivity contribution in [2.75, 3.05) is 42.2 Å². The van der Waals surface area contributed by atoms with Gasteiger partial charge in [-0.1, -0.05) is 6.07 Å². The molecule has 9 heteroatoms. The van der Waals surface area contributed by atoms with Gasteiger partial charge >= 0.3 is 0 Å². The molecule has 1 atom stereocenters. The Labute approximate surface area is 191 Å². The van der Waals surface area contributed by atoms with Gasteiger partial charge in [0.05, 0.1) is 11.4 Å². The number of carbonyl (C=O) groups excluding carboxylic acids is 1. The van der Waals surface area contributed by atoms with E-state index >= 15 is 0 Å². The zero-order valence-electron chi connectivity index (χ0n) is 18.7. The van der Waals surface area contributed by atoms with Crippen LogP contribution in [-0.4, -0.2) is 44.3 Å². The van der Waals surface area contributed by atoms with Crippen molar-refractivity contribution in [1.82, 2.24) is 5.32 Å². The maximum Gasteiger partial charge on any atom is 0.293 e. The summed E-state index contributed by atoms with van der Waals surface area (Å²) in [5.41, 5.74) is 2.04. The van der Waals surface area contributed by atoms with Crippen molar-refractivity contribution in [2.24, 2.45) is 0 Å². The summed E-state index contributed by atoms with van der Waals surface area (Å²) in [7, 11) is 3.44. The van der Waals surface area contributed by atoms with Gasteiger partial charge < -0.3 is 30.0 Å². The molecule has 2 heterocycles. The highest BCUT2D eigenvalue weighted by atomic mass is 19.1. The lowest BCUT2D eigenvalue weighted by Gasteiger charge is -2.24. The first-order valence-corrected chi connectivity index (χ1v) is 10.6. The molecule has 4 rings (SSSR count). The van der Waals surface area contributed by atoms with Crippen molar-refractivity contribution in [3.63, 3.8) is 0 Å². The first kappa shape index (κ1) is 22.8. The summed E-state index contributed by atoms with van der Waals surface area (Å²) in [6.07, 6.45) is 0.944. The molecule has 1 saturated heterocycles. The average Bonchev–Trinajstić information content (AvgIpc) is 3.48. The zero-order valence-corrected chi connectivity index (χ0v) is 18.7. The fourth-order valence-corrected chi connectivity index (χ4v) is 4.06. The monoisotopic (exact) mass is 453 g/mol. The van der Waals surface area contributed by atoms with Crippen LogP contribution in [0.15, 0.2) is 52.9 Å². The van der Waals surface area contributed by atoms with Crippen molar-refractivity contribution in [3.8, 4) is 11.3 Å². The average molecular weight is 453 g/mol. The second-order valence-electron chi connectivity index (χ2n) is 8.18. The number of nitrogens with zero attached hydrogens (tertiary/aromatic N) is 3. The van der Waals surface area contributed by atoms with Gasteiger partial charge in [0.2, 0.25) is 0 Å². The number of halogens is 1. The fourth-order valence-electron chi connectivity index (χ4n) is 4.06. The third-order valence-electron chi connectivity index (χ3n) is 6.00. The summed E-state index contributed by atoms with van der Waals surface area (Å²) in [5, 5.41) is 23.9. The Morgan fingerprint density at radius 3 is 2.70 bits per heavy atom. The van der Waals surface area contributed by atoms with Crippen molar-refractivity contribution < 1.29 is 18.8 Å². The van der Waals surface area contributed by atoms with Crippen LogP contribution in [0, 0.1) is 17.9 Å². The second kappa shape index (κ2) is 9.22. The molecule has 1 amide bonds. The summed E-state index contributed by atoms with van der Waals surface area (Å²) in [6, 6.07) is 13.0. The lowest BCUT2D eigenvalue weighted by Crippen LogP contribution is -2.30. The Kier molecular flexibility index (Phi) is 6.37. The first-order valence-electron chi connectivity index (χ1n) is 10.6. The number of likely N-dealkylation sites (N-methyl/N-ethyl adjacent to an activating group) is 1. The number of amides is 1. The van der Waals surface area contributed by atoms with E-state index in [2.05, 4.69) is 5.32 Å². The lowest BCUT2D eigenvalue weighted by molar-refractivity contribution is 0.0967. The van der Waals surface area contributed by atoms with E-state index < -0.39 is 11.7 Å². The maximum absolute atomic E-state index is 14.9. The molecule has 0 radical (unpaired) electrons. The molecular weight excluding hydrogens is 427 g/mol. The third kappa shape index (κ3) is 4.56. The van der Waals surface area contributed by atoms with E-state index in [4.69, 9.17) is 4.42 Å². The first-order chi connectivity index (χ1) is 15.8. The number of hydrogen-bond donors (Lipinski definition) is 2. The zero-order chi connectivity index (χ0) is 23.7. The van der Waals surface area contributed by atoms with Gasteiger partial charge in [0.1, 0.15) is 11.6 Å². The largest absolute Gasteiger partial charge is 0.733 e. The van der Waals surface area contributed by atoms with Crippen LogP contribution in [0.1, 0.15) is 22.5 Å². The molecule has 2 N–H and O–H groups in total.